The van der Waals surface area contributed by atoms with Crippen LogP contribution in [0.5, 0.6) is 0 Å². The van der Waals surface area contributed by atoms with Crippen LogP contribution >= 0.6 is 23.4 Å². The van der Waals surface area contributed by atoms with Crippen LogP contribution in [0.15, 0.2) is 39.1 Å². The molecule has 7 nitrogen and oxygen atoms in total. The summed E-state index contributed by atoms with van der Waals surface area (Å²) < 4.78 is 10.7. The molecule has 0 saturated carbocycles. The number of oxazole rings is 1. The van der Waals surface area contributed by atoms with Crippen molar-refractivity contribution in [2.45, 2.75) is 25.1 Å². The zero-order valence-electron chi connectivity index (χ0n) is 13.6. The quantitative estimate of drug-likeness (QED) is 0.610. The first-order chi connectivity index (χ1) is 12.0. The van der Waals surface area contributed by atoms with Crippen LogP contribution in [0.25, 0.3) is 11.1 Å². The molecule has 25 heavy (non-hydrogen) atoms. The maximum atomic E-state index is 12.2. The Hall–Kier alpha value is -2.19. The molecule has 0 bridgehead atoms. The third-order valence-corrected chi connectivity index (χ3v) is 4.63. The minimum Gasteiger partial charge on any atom is -0.463 e. The zero-order chi connectivity index (χ0) is 18.0. The number of nitrogens with one attached hydrogen (secondary N) is 2. The summed E-state index contributed by atoms with van der Waals surface area (Å²) in [5, 5.41) is 6.31. The lowest BCUT2D eigenvalue weighted by Gasteiger charge is -2.26. The molecule has 0 radical (unpaired) electrons. The molecule has 1 aromatic carbocycles. The summed E-state index contributed by atoms with van der Waals surface area (Å²) >= 11 is 7.21. The van der Waals surface area contributed by atoms with Gasteiger partial charge in [0, 0.05) is 22.5 Å². The number of carbonyl (C=O) groups is 2. The molecule has 0 spiro atoms. The van der Waals surface area contributed by atoms with E-state index in [0.29, 0.717) is 38.4 Å². The van der Waals surface area contributed by atoms with Gasteiger partial charge in [0.15, 0.2) is 5.58 Å². The van der Waals surface area contributed by atoms with Gasteiger partial charge < -0.3 is 19.8 Å². The Morgan fingerprint density at radius 3 is 3.04 bits per heavy atom. The van der Waals surface area contributed by atoms with E-state index in [1.165, 1.54) is 11.8 Å². The van der Waals surface area contributed by atoms with E-state index in [2.05, 4.69) is 15.6 Å². The second-order valence-corrected chi connectivity index (χ2v) is 6.68. The molecule has 2 N–H and O–H groups in total. The fourth-order valence-electron chi connectivity index (χ4n) is 2.47. The molecule has 1 aliphatic heterocycles. The van der Waals surface area contributed by atoms with Gasteiger partial charge in [-0.15, -0.1) is 0 Å². The number of hydrogen-bond donors (Lipinski definition) is 2. The summed E-state index contributed by atoms with van der Waals surface area (Å²) in [5.74, 6) is -0.144. The third-order valence-electron chi connectivity index (χ3n) is 3.54. The molecule has 0 unspecified atom stereocenters. The average molecular weight is 382 g/mol. The highest BCUT2D eigenvalue weighted by atomic mass is 35.5. The minimum atomic E-state index is -0.456. The van der Waals surface area contributed by atoms with E-state index >= 15 is 0 Å². The second kappa shape index (κ2) is 7.37. The van der Waals surface area contributed by atoms with Crippen molar-refractivity contribution < 1.29 is 18.7 Å². The summed E-state index contributed by atoms with van der Waals surface area (Å²) in [6, 6.07) is 4.39. The van der Waals surface area contributed by atoms with Crippen molar-refractivity contribution in [3.63, 3.8) is 0 Å². The molecule has 0 fully saturated rings. The lowest BCUT2D eigenvalue weighted by Crippen LogP contribution is -2.49. The second-order valence-electron chi connectivity index (χ2n) is 5.31. The number of halogens is 1. The van der Waals surface area contributed by atoms with E-state index in [9.17, 15) is 9.59 Å². The molecule has 2 aromatic rings. The van der Waals surface area contributed by atoms with Gasteiger partial charge in [0.1, 0.15) is 5.52 Å². The van der Waals surface area contributed by atoms with E-state index in [4.69, 9.17) is 20.8 Å². The number of ether oxygens (including phenoxy) is 1. The van der Waals surface area contributed by atoms with Crippen LogP contribution in [-0.4, -0.2) is 35.4 Å². The fraction of sp³-hybridized carbons (Fsp3) is 0.312. The van der Waals surface area contributed by atoms with Gasteiger partial charge in [-0.25, -0.2) is 14.6 Å². The van der Waals surface area contributed by atoms with Crippen LogP contribution in [0.3, 0.4) is 0 Å². The Kier molecular flexibility index (Phi) is 5.19. The van der Waals surface area contributed by atoms with Gasteiger partial charge in [-0.05, 0) is 26.0 Å². The number of amides is 2. The van der Waals surface area contributed by atoms with E-state index in [-0.39, 0.29) is 12.6 Å². The molecule has 2 heterocycles. The van der Waals surface area contributed by atoms with Crippen molar-refractivity contribution in [2.24, 2.45) is 0 Å². The van der Waals surface area contributed by atoms with Gasteiger partial charge in [0.05, 0.1) is 18.2 Å². The van der Waals surface area contributed by atoms with Crippen LogP contribution in [-0.2, 0) is 9.53 Å². The maximum Gasteiger partial charge on any atom is 0.337 e. The number of esters is 1. The van der Waals surface area contributed by atoms with E-state index < -0.39 is 12.0 Å². The number of carbonyl (C=O) groups excluding carboxylic acids is 2. The Morgan fingerprint density at radius 1 is 1.48 bits per heavy atom. The molecule has 2 amide bonds. The van der Waals surface area contributed by atoms with Crippen molar-refractivity contribution in [1.29, 1.82) is 0 Å². The highest BCUT2D eigenvalue weighted by Gasteiger charge is 2.29. The summed E-state index contributed by atoms with van der Waals surface area (Å²) in [6.07, 6.45) is 0. The number of fused-ring (bicyclic) bond motifs is 1. The first-order valence-electron chi connectivity index (χ1n) is 7.64. The standard InChI is InChI=1S/C16H16ClN3O4S/c1-3-23-14(21)13-8(2)18-15(22)19-11(13)7-25-16-20-10-5-4-9(17)6-12(10)24-16/h4-6,8H,3,7H2,1-2H3,(H2,18,19,22)/t8-/m0/s1. The largest absolute Gasteiger partial charge is 0.463 e. The van der Waals surface area contributed by atoms with E-state index in [1.807, 2.05) is 0 Å². The highest BCUT2D eigenvalue weighted by molar-refractivity contribution is 7.99. The number of rotatable bonds is 5. The van der Waals surface area contributed by atoms with Crippen LogP contribution in [0.2, 0.25) is 5.02 Å². The number of aromatic nitrogens is 1. The average Bonchev–Trinajstić information content (AvgIpc) is 2.94. The zero-order valence-corrected chi connectivity index (χ0v) is 15.2. The number of benzene rings is 1. The third kappa shape index (κ3) is 3.91. The normalized spacial score (nSPS) is 17.4. The number of hydrogen-bond acceptors (Lipinski definition) is 6. The highest BCUT2D eigenvalue weighted by Crippen LogP contribution is 2.28. The van der Waals surface area contributed by atoms with Gasteiger partial charge in [0.25, 0.3) is 5.22 Å². The maximum absolute atomic E-state index is 12.2. The van der Waals surface area contributed by atoms with E-state index in [0.717, 1.165) is 0 Å². The van der Waals surface area contributed by atoms with Crippen LogP contribution < -0.4 is 10.6 Å². The molecular weight excluding hydrogens is 366 g/mol. The summed E-state index contributed by atoms with van der Waals surface area (Å²) in [6.45, 7) is 3.72. The van der Waals surface area contributed by atoms with Gasteiger partial charge >= 0.3 is 12.0 Å². The minimum absolute atomic E-state index is 0.259. The van der Waals surface area contributed by atoms with Crippen LogP contribution in [0.4, 0.5) is 4.79 Å². The van der Waals surface area contributed by atoms with Crippen molar-refractivity contribution >= 4 is 46.5 Å². The molecule has 9 heteroatoms. The Morgan fingerprint density at radius 2 is 2.28 bits per heavy atom. The van der Waals surface area contributed by atoms with Crippen LogP contribution in [0, 0.1) is 0 Å². The predicted molar refractivity (Wildman–Crippen MR) is 94.5 cm³/mol. The SMILES string of the molecule is CCOC(=O)C1=C(CSc2nc3ccc(Cl)cc3o2)NC(=O)N[C@H]1C. The van der Waals surface area contributed by atoms with Crippen molar-refractivity contribution in [3.8, 4) is 0 Å². The fourth-order valence-corrected chi connectivity index (χ4v) is 3.44. The van der Waals surface area contributed by atoms with Crippen molar-refractivity contribution in [2.75, 3.05) is 12.4 Å². The monoisotopic (exact) mass is 381 g/mol. The lowest BCUT2D eigenvalue weighted by molar-refractivity contribution is -0.138. The topological polar surface area (TPSA) is 93.5 Å². The van der Waals surface area contributed by atoms with Crippen molar-refractivity contribution in [1.82, 2.24) is 15.6 Å². The molecule has 1 atom stereocenters. The molecular formula is C16H16ClN3O4S. The Labute approximate surface area is 153 Å². The lowest BCUT2D eigenvalue weighted by atomic mass is 10.1. The number of nitrogens with zero attached hydrogens (tertiary/aromatic N) is 1. The Balaban J connectivity index is 1.82. The first kappa shape index (κ1) is 17.6. The molecule has 1 aliphatic rings. The molecule has 132 valence electrons. The predicted octanol–water partition coefficient (Wildman–Crippen LogP) is 3.09. The molecule has 0 saturated heterocycles. The first-order valence-corrected chi connectivity index (χ1v) is 9.01. The summed E-state index contributed by atoms with van der Waals surface area (Å²) in [4.78, 5) is 28.3. The molecule has 0 aliphatic carbocycles. The molecule has 1 aromatic heterocycles. The van der Waals surface area contributed by atoms with Gasteiger partial charge in [-0.2, -0.15) is 0 Å². The number of urea groups is 1. The van der Waals surface area contributed by atoms with Gasteiger partial charge in [0.2, 0.25) is 0 Å². The summed E-state index contributed by atoms with van der Waals surface area (Å²) in [7, 11) is 0. The summed E-state index contributed by atoms with van der Waals surface area (Å²) in [5.41, 5.74) is 2.15. The molecule has 3 rings (SSSR count). The van der Waals surface area contributed by atoms with Gasteiger partial charge in [-0.3, -0.25) is 0 Å². The van der Waals surface area contributed by atoms with E-state index in [1.54, 1.807) is 32.0 Å². The van der Waals surface area contributed by atoms with Crippen molar-refractivity contribution in [3.05, 3.63) is 34.5 Å². The smallest absolute Gasteiger partial charge is 0.337 e. The van der Waals surface area contributed by atoms with Crippen LogP contribution in [0.1, 0.15) is 13.8 Å². The Bertz CT molecular complexity index is 864. The number of thioether (sulfide) groups is 1. The van der Waals surface area contributed by atoms with Gasteiger partial charge in [-0.1, -0.05) is 23.4 Å².